The molecular formula is C25H30N4O5S. The number of thiazole rings is 1. The number of fused-ring (bicyclic) bond motifs is 1. The summed E-state index contributed by atoms with van der Waals surface area (Å²) in [4.78, 5) is 19.7. The first kappa shape index (κ1) is 23.7. The molecule has 2 fully saturated rings. The number of nitrogens with one attached hydrogen (secondary N) is 2. The van der Waals surface area contributed by atoms with Gasteiger partial charge in [-0.2, -0.15) is 0 Å². The summed E-state index contributed by atoms with van der Waals surface area (Å²) in [6, 6.07) is 11.2. The van der Waals surface area contributed by atoms with E-state index in [0.717, 1.165) is 45.9 Å². The Kier molecular flexibility index (Phi) is 6.94. The van der Waals surface area contributed by atoms with Crippen LogP contribution in [-0.2, 0) is 4.79 Å². The molecule has 1 aromatic heterocycles. The molecule has 2 unspecified atom stereocenters. The number of ether oxygens (including phenoxy) is 4. The Balaban J connectivity index is 1.16. The number of hydrazine groups is 1. The molecule has 9 nitrogen and oxygen atoms in total. The number of carbonyl (C=O) groups is 1. The maximum atomic E-state index is 13.2. The summed E-state index contributed by atoms with van der Waals surface area (Å²) in [6.07, 6.45) is 2.23. The molecule has 2 atom stereocenters. The van der Waals surface area contributed by atoms with Crippen LogP contribution in [0, 0.1) is 0 Å². The van der Waals surface area contributed by atoms with Crippen molar-refractivity contribution < 1.29 is 23.7 Å². The lowest BCUT2D eigenvalue weighted by atomic mass is 9.99. The molecule has 0 radical (unpaired) electrons. The number of rotatable bonds is 7. The van der Waals surface area contributed by atoms with Crippen molar-refractivity contribution in [2.24, 2.45) is 0 Å². The van der Waals surface area contributed by atoms with Gasteiger partial charge in [0.15, 0.2) is 0 Å². The zero-order chi connectivity index (χ0) is 24.4. The highest BCUT2D eigenvalue weighted by Crippen LogP contribution is 2.34. The molecule has 3 aromatic rings. The van der Waals surface area contributed by atoms with Crippen molar-refractivity contribution in [3.05, 3.63) is 42.0 Å². The van der Waals surface area contributed by atoms with Crippen LogP contribution in [0.5, 0.6) is 22.4 Å². The van der Waals surface area contributed by atoms with E-state index in [4.69, 9.17) is 18.9 Å². The second-order valence-corrected chi connectivity index (χ2v) is 9.69. The van der Waals surface area contributed by atoms with E-state index in [1.165, 1.54) is 11.3 Å². The maximum Gasteiger partial charge on any atom is 0.274 e. The smallest absolute Gasteiger partial charge is 0.274 e. The summed E-state index contributed by atoms with van der Waals surface area (Å²) >= 11 is 1.52. The third-order valence-electron chi connectivity index (χ3n) is 6.61. The van der Waals surface area contributed by atoms with Gasteiger partial charge in [-0.3, -0.25) is 4.79 Å². The van der Waals surface area contributed by atoms with Gasteiger partial charge < -0.3 is 23.8 Å². The van der Waals surface area contributed by atoms with E-state index < -0.39 is 0 Å². The van der Waals surface area contributed by atoms with Gasteiger partial charge in [-0.05, 0) is 42.8 Å². The molecule has 35 heavy (non-hydrogen) atoms. The van der Waals surface area contributed by atoms with E-state index in [0.29, 0.717) is 24.7 Å². The van der Waals surface area contributed by atoms with Crippen molar-refractivity contribution in [1.82, 2.24) is 20.7 Å². The third kappa shape index (κ3) is 5.00. The molecule has 0 aliphatic carbocycles. The van der Waals surface area contributed by atoms with Crippen LogP contribution in [0.1, 0.15) is 30.9 Å². The van der Waals surface area contributed by atoms with Gasteiger partial charge in [0.25, 0.3) is 5.19 Å². The van der Waals surface area contributed by atoms with Crippen molar-refractivity contribution in [1.29, 1.82) is 0 Å². The predicted octanol–water partition coefficient (Wildman–Crippen LogP) is 3.30. The largest absolute Gasteiger partial charge is 0.497 e. The molecule has 3 heterocycles. The molecule has 1 amide bonds. The molecule has 0 bridgehead atoms. The van der Waals surface area contributed by atoms with Crippen LogP contribution in [0.15, 0.2) is 36.4 Å². The van der Waals surface area contributed by atoms with Crippen molar-refractivity contribution in [2.75, 3.05) is 34.4 Å². The Hall–Kier alpha value is -3.08. The second kappa shape index (κ2) is 10.3. The quantitative estimate of drug-likeness (QED) is 0.513. The van der Waals surface area contributed by atoms with E-state index in [9.17, 15) is 4.79 Å². The molecule has 5 rings (SSSR count). The van der Waals surface area contributed by atoms with Gasteiger partial charge in [0, 0.05) is 31.5 Å². The average Bonchev–Trinajstić information content (AvgIpc) is 3.55. The van der Waals surface area contributed by atoms with Crippen molar-refractivity contribution >= 4 is 27.5 Å². The van der Waals surface area contributed by atoms with Crippen LogP contribution < -0.4 is 29.8 Å². The highest BCUT2D eigenvalue weighted by molar-refractivity contribution is 7.20. The van der Waals surface area contributed by atoms with Crippen LogP contribution in [0.3, 0.4) is 0 Å². The summed E-state index contributed by atoms with van der Waals surface area (Å²) in [5.41, 5.74) is 8.31. The lowest BCUT2D eigenvalue weighted by Crippen LogP contribution is -2.49. The van der Waals surface area contributed by atoms with Crippen LogP contribution >= 0.6 is 11.3 Å². The number of methoxy groups -OCH3 is 3. The average molecular weight is 499 g/mol. The Morgan fingerprint density at radius 2 is 1.74 bits per heavy atom. The van der Waals surface area contributed by atoms with Crippen LogP contribution in [0.4, 0.5) is 0 Å². The Morgan fingerprint density at radius 1 is 1.00 bits per heavy atom. The molecule has 2 aromatic carbocycles. The molecule has 2 aliphatic rings. The monoisotopic (exact) mass is 498 g/mol. The number of hydrogen-bond donors (Lipinski definition) is 2. The summed E-state index contributed by atoms with van der Waals surface area (Å²) in [5.74, 6) is 2.44. The molecular weight excluding hydrogens is 468 g/mol. The highest BCUT2D eigenvalue weighted by Gasteiger charge is 2.36. The number of benzene rings is 2. The summed E-state index contributed by atoms with van der Waals surface area (Å²) in [5, 5.41) is 0.662. The summed E-state index contributed by atoms with van der Waals surface area (Å²) in [6.45, 7) is 1.32. The lowest BCUT2D eigenvalue weighted by Gasteiger charge is -2.33. The SMILES string of the molecule is COc1ccc(OC)c(C2CC(C(=O)N3CCC(Oc4nc5ccc(OC)cc5s4)CC3)NN2)c1. The van der Waals surface area contributed by atoms with Crippen molar-refractivity contribution in [3.8, 4) is 22.4 Å². The van der Waals surface area contributed by atoms with Gasteiger partial charge >= 0.3 is 0 Å². The number of likely N-dealkylation sites (tertiary alicyclic amines) is 1. The number of carbonyl (C=O) groups excluding carboxylic acids is 1. The van der Waals surface area contributed by atoms with E-state index >= 15 is 0 Å². The van der Waals surface area contributed by atoms with Crippen molar-refractivity contribution in [3.63, 3.8) is 0 Å². The van der Waals surface area contributed by atoms with E-state index in [2.05, 4.69) is 15.8 Å². The molecule has 10 heteroatoms. The second-order valence-electron chi connectivity index (χ2n) is 8.69. The Bertz CT molecular complexity index is 1190. The van der Waals surface area contributed by atoms with Gasteiger partial charge in [-0.1, -0.05) is 11.3 Å². The fraction of sp³-hybridized carbons (Fsp3) is 0.440. The summed E-state index contributed by atoms with van der Waals surface area (Å²) < 4.78 is 23.4. The van der Waals surface area contributed by atoms with Gasteiger partial charge in [0.2, 0.25) is 5.91 Å². The van der Waals surface area contributed by atoms with Crippen LogP contribution in [-0.4, -0.2) is 62.4 Å². The first-order chi connectivity index (χ1) is 17.1. The Labute approximate surface area is 208 Å². The number of nitrogens with zero attached hydrogens (tertiary/aromatic N) is 2. The van der Waals surface area contributed by atoms with Crippen molar-refractivity contribution in [2.45, 2.75) is 37.5 Å². The van der Waals surface area contributed by atoms with Gasteiger partial charge in [-0.25, -0.2) is 15.8 Å². The fourth-order valence-electron chi connectivity index (χ4n) is 4.65. The van der Waals surface area contributed by atoms with Crippen LogP contribution in [0.25, 0.3) is 10.2 Å². The minimum absolute atomic E-state index is 0.0463. The van der Waals surface area contributed by atoms with Gasteiger partial charge in [0.1, 0.15) is 29.4 Å². The predicted molar refractivity (Wildman–Crippen MR) is 133 cm³/mol. The Morgan fingerprint density at radius 3 is 2.49 bits per heavy atom. The molecule has 2 N–H and O–H groups in total. The lowest BCUT2D eigenvalue weighted by molar-refractivity contribution is -0.135. The van der Waals surface area contributed by atoms with Crippen LogP contribution in [0.2, 0.25) is 0 Å². The first-order valence-electron chi connectivity index (χ1n) is 11.7. The standard InChI is InChI=1S/C25H30N4O5S/c1-31-16-5-7-22(33-3)18(12-16)20-14-21(28-27-20)24(30)29-10-8-15(9-11-29)34-25-26-19-6-4-17(32-2)13-23(19)35-25/h4-7,12-13,15,20-21,27-28H,8-11,14H2,1-3H3. The zero-order valence-corrected chi connectivity index (χ0v) is 20.9. The topological polar surface area (TPSA) is 94.2 Å². The zero-order valence-electron chi connectivity index (χ0n) is 20.1. The fourth-order valence-corrected chi connectivity index (χ4v) is 5.56. The van der Waals surface area contributed by atoms with Gasteiger partial charge in [-0.15, -0.1) is 0 Å². The number of hydrogen-bond acceptors (Lipinski definition) is 9. The molecule has 0 spiro atoms. The van der Waals surface area contributed by atoms with E-state index in [-0.39, 0.29) is 24.1 Å². The number of aromatic nitrogens is 1. The minimum Gasteiger partial charge on any atom is -0.497 e. The first-order valence-corrected chi connectivity index (χ1v) is 12.5. The molecule has 186 valence electrons. The van der Waals surface area contributed by atoms with E-state index in [1.54, 1.807) is 21.3 Å². The summed E-state index contributed by atoms with van der Waals surface area (Å²) in [7, 11) is 4.94. The van der Waals surface area contributed by atoms with Gasteiger partial charge in [0.05, 0.1) is 37.6 Å². The molecule has 2 aliphatic heterocycles. The normalized spacial score (nSPS) is 20.7. The highest BCUT2D eigenvalue weighted by atomic mass is 32.1. The third-order valence-corrected chi connectivity index (χ3v) is 7.52. The number of amides is 1. The number of piperidine rings is 1. The molecule has 0 saturated carbocycles. The minimum atomic E-state index is -0.299. The van der Waals surface area contributed by atoms with E-state index in [1.807, 2.05) is 41.3 Å². The molecule has 2 saturated heterocycles. The maximum absolute atomic E-state index is 13.2.